The quantitative estimate of drug-likeness (QED) is 0.0283. The molecule has 0 aliphatic carbocycles. The summed E-state index contributed by atoms with van der Waals surface area (Å²) in [5.41, 5.74) is 7.12. The van der Waals surface area contributed by atoms with Crippen LogP contribution in [-0.4, -0.2) is 11.9 Å². The number of hydrogen-bond acceptors (Lipinski definition) is 2. The molecular formula is C54H88N2Ni. The molecule has 0 aliphatic heterocycles. The summed E-state index contributed by atoms with van der Waals surface area (Å²) in [6.45, 7) is 9.11. The van der Waals surface area contributed by atoms with Gasteiger partial charge in [-0.3, -0.25) is 9.98 Å². The number of aliphatic imine (C=N–C) groups is 2. The molecule has 0 fully saturated rings. The van der Waals surface area contributed by atoms with Crippen molar-refractivity contribution in [3.05, 3.63) is 59.2 Å². The van der Waals surface area contributed by atoms with Crippen molar-refractivity contribution in [2.45, 2.75) is 246 Å². The van der Waals surface area contributed by atoms with E-state index >= 15 is 0 Å². The summed E-state index contributed by atoms with van der Waals surface area (Å²) in [4.78, 5) is 10.0. The molecule has 0 N–H and O–H groups in total. The van der Waals surface area contributed by atoms with Crippen molar-refractivity contribution in [1.29, 1.82) is 0 Å². The Morgan fingerprint density at radius 3 is 1.47 bits per heavy atom. The third-order valence-electron chi connectivity index (χ3n) is 11.4. The second-order valence-electron chi connectivity index (χ2n) is 16.9. The van der Waals surface area contributed by atoms with Crippen LogP contribution in [0.1, 0.15) is 250 Å². The van der Waals surface area contributed by atoms with E-state index in [2.05, 4.69) is 82.0 Å². The van der Waals surface area contributed by atoms with E-state index in [0.717, 1.165) is 48.3 Å². The molecule has 2 aromatic carbocycles. The third kappa shape index (κ3) is 29.7. The van der Waals surface area contributed by atoms with Crippen LogP contribution in [0.25, 0.3) is 0 Å². The maximum atomic E-state index is 5.08. The fraction of sp³-hybridized carbons (Fsp3) is 0.704. The SMILES string of the molecule is CCCCCCCCCCCCCCCCCCCCCCCCCC#Cc1cccc(N=C(C=Nc2ccc(CCCC)c(CCCC)c2)CCCCC)c1.[Ni]. The van der Waals surface area contributed by atoms with E-state index in [1.54, 1.807) is 0 Å². The largest absolute Gasteiger partial charge is 0.255 e. The Morgan fingerprint density at radius 2 is 0.947 bits per heavy atom. The van der Waals surface area contributed by atoms with Gasteiger partial charge in [0.25, 0.3) is 0 Å². The van der Waals surface area contributed by atoms with Crippen molar-refractivity contribution in [2.24, 2.45) is 9.98 Å². The predicted octanol–water partition coefficient (Wildman–Crippen LogP) is 18.2. The monoisotopic (exact) mass is 823 g/mol. The van der Waals surface area contributed by atoms with Crippen molar-refractivity contribution in [3.8, 4) is 11.8 Å². The van der Waals surface area contributed by atoms with Gasteiger partial charge in [0.1, 0.15) is 0 Å². The van der Waals surface area contributed by atoms with Gasteiger partial charge in [-0.2, -0.15) is 0 Å². The van der Waals surface area contributed by atoms with Gasteiger partial charge in [-0.15, -0.1) is 0 Å². The van der Waals surface area contributed by atoms with Gasteiger partial charge in [0.2, 0.25) is 0 Å². The van der Waals surface area contributed by atoms with E-state index in [4.69, 9.17) is 9.98 Å². The molecule has 3 heteroatoms. The molecule has 0 spiro atoms. The van der Waals surface area contributed by atoms with E-state index in [0.29, 0.717) is 0 Å². The Labute approximate surface area is 365 Å². The Bertz CT molecular complexity index is 1330. The van der Waals surface area contributed by atoms with Gasteiger partial charge in [0.05, 0.1) is 17.1 Å². The number of unbranched alkanes of at least 4 members (excludes halogenated alkanes) is 27. The number of benzene rings is 2. The molecule has 57 heavy (non-hydrogen) atoms. The normalized spacial score (nSPS) is 11.5. The smallest absolute Gasteiger partial charge is 0.0646 e. The van der Waals surface area contributed by atoms with Gasteiger partial charge in [-0.1, -0.05) is 219 Å². The molecule has 2 rings (SSSR count). The molecule has 2 aromatic rings. The third-order valence-corrected chi connectivity index (χ3v) is 11.4. The summed E-state index contributed by atoms with van der Waals surface area (Å²) < 4.78 is 0. The van der Waals surface area contributed by atoms with Gasteiger partial charge >= 0.3 is 0 Å². The molecule has 0 heterocycles. The van der Waals surface area contributed by atoms with Crippen LogP contribution in [0.15, 0.2) is 52.4 Å². The van der Waals surface area contributed by atoms with Crippen LogP contribution >= 0.6 is 0 Å². The zero-order valence-corrected chi connectivity index (χ0v) is 38.9. The first-order chi connectivity index (χ1) is 27.7. The minimum Gasteiger partial charge on any atom is -0.255 e. The zero-order chi connectivity index (χ0) is 40.0. The number of rotatable bonds is 36. The number of aryl methyl sites for hydroxylation is 2. The molecule has 2 nitrogen and oxygen atoms in total. The Hall–Kier alpha value is -2.17. The molecule has 0 amide bonds. The second-order valence-corrected chi connectivity index (χ2v) is 16.9. The molecule has 0 aliphatic rings. The van der Waals surface area contributed by atoms with Crippen LogP contribution < -0.4 is 0 Å². The minimum atomic E-state index is 0. The topological polar surface area (TPSA) is 24.7 Å². The molecule has 0 radical (unpaired) electrons. The van der Waals surface area contributed by atoms with Crippen LogP contribution in [-0.2, 0) is 29.3 Å². The van der Waals surface area contributed by atoms with Crippen molar-refractivity contribution in [1.82, 2.24) is 0 Å². The minimum absolute atomic E-state index is 0. The zero-order valence-electron chi connectivity index (χ0n) is 37.9. The molecule has 0 saturated carbocycles. The summed E-state index contributed by atoms with van der Waals surface area (Å²) in [5, 5.41) is 0. The van der Waals surface area contributed by atoms with Crippen LogP contribution in [0.2, 0.25) is 0 Å². The van der Waals surface area contributed by atoms with Crippen molar-refractivity contribution < 1.29 is 16.5 Å². The predicted molar refractivity (Wildman–Crippen MR) is 253 cm³/mol. The summed E-state index contributed by atoms with van der Waals surface area (Å²) in [6.07, 6.45) is 47.6. The molecule has 0 bridgehead atoms. The van der Waals surface area contributed by atoms with Gasteiger partial charge in [-0.25, -0.2) is 0 Å². The maximum Gasteiger partial charge on any atom is 0.0646 e. The van der Waals surface area contributed by atoms with Gasteiger partial charge < -0.3 is 0 Å². The van der Waals surface area contributed by atoms with Crippen LogP contribution in [0.3, 0.4) is 0 Å². The summed E-state index contributed by atoms with van der Waals surface area (Å²) in [5.74, 6) is 6.87. The van der Waals surface area contributed by atoms with Crippen molar-refractivity contribution >= 4 is 23.3 Å². The fourth-order valence-corrected chi connectivity index (χ4v) is 7.74. The van der Waals surface area contributed by atoms with Crippen LogP contribution in [0.5, 0.6) is 0 Å². The van der Waals surface area contributed by atoms with Gasteiger partial charge in [-0.05, 0) is 86.4 Å². The van der Waals surface area contributed by atoms with Crippen LogP contribution in [0.4, 0.5) is 11.4 Å². The summed E-state index contributed by atoms with van der Waals surface area (Å²) >= 11 is 0. The molecule has 0 atom stereocenters. The van der Waals surface area contributed by atoms with Crippen LogP contribution in [0, 0.1) is 11.8 Å². The van der Waals surface area contributed by atoms with E-state index in [1.165, 1.54) is 204 Å². The average molecular weight is 824 g/mol. The van der Waals surface area contributed by atoms with E-state index in [-0.39, 0.29) is 16.5 Å². The van der Waals surface area contributed by atoms with E-state index in [9.17, 15) is 0 Å². The molecule has 0 unspecified atom stereocenters. The van der Waals surface area contributed by atoms with Crippen molar-refractivity contribution in [3.63, 3.8) is 0 Å². The van der Waals surface area contributed by atoms with Gasteiger partial charge in [0.15, 0.2) is 0 Å². The maximum absolute atomic E-state index is 5.08. The second kappa shape index (κ2) is 39.3. The average Bonchev–Trinajstić information content (AvgIpc) is 3.21. The fourth-order valence-electron chi connectivity index (χ4n) is 7.74. The first-order valence-electron chi connectivity index (χ1n) is 24.5. The molecule has 0 aromatic heterocycles. The summed E-state index contributed by atoms with van der Waals surface area (Å²) in [7, 11) is 0. The first-order valence-corrected chi connectivity index (χ1v) is 24.5. The number of nitrogens with zero attached hydrogens (tertiary/aromatic N) is 2. The van der Waals surface area contributed by atoms with E-state index < -0.39 is 0 Å². The molecule has 0 saturated heterocycles. The first kappa shape index (κ1) is 52.9. The summed E-state index contributed by atoms with van der Waals surface area (Å²) in [6, 6.07) is 15.3. The Morgan fingerprint density at radius 1 is 0.474 bits per heavy atom. The Balaban J connectivity index is 0.0000162. The van der Waals surface area contributed by atoms with Crippen molar-refractivity contribution in [2.75, 3.05) is 0 Å². The van der Waals surface area contributed by atoms with E-state index in [1.807, 2.05) is 6.21 Å². The Kier molecular flexibility index (Phi) is 36.4. The molecular weight excluding hydrogens is 735 g/mol. The number of hydrogen-bond donors (Lipinski definition) is 0. The standard InChI is InChI=1S/C54H88N2.Ni/c1-5-9-13-14-15-16-17-18-19-20-21-22-23-24-25-26-27-28-29-30-31-32-33-34-36-38-49-39-37-43-53(46-49)56-54(42-35-10-6-2)48-55-52-45-44-50(40-11-7-3)51(47-52)41-12-8-4;/h37,39,43-48H,5-35,40-42H2,1-4H3;. The van der Waals surface area contributed by atoms with Gasteiger partial charge in [0, 0.05) is 34.7 Å². The molecule has 324 valence electrons.